The average Bonchev–Trinajstić information content (AvgIpc) is 2.36. The third-order valence-electron chi connectivity index (χ3n) is 2.44. The number of benzene rings is 1. The van der Waals surface area contributed by atoms with Gasteiger partial charge in [-0.05, 0) is 18.2 Å². The van der Waals surface area contributed by atoms with Crippen molar-refractivity contribution >= 4 is 17.4 Å². The van der Waals surface area contributed by atoms with Gasteiger partial charge in [-0.3, -0.25) is 4.79 Å². The lowest BCUT2D eigenvalue weighted by atomic mass is 9.99. The number of rotatable bonds is 4. The van der Waals surface area contributed by atoms with Crippen LogP contribution in [0, 0.1) is 0 Å². The minimum absolute atomic E-state index is 0.315. The zero-order chi connectivity index (χ0) is 16.6. The fourth-order valence-electron chi connectivity index (χ4n) is 1.35. The van der Waals surface area contributed by atoms with Gasteiger partial charge in [-0.1, -0.05) is 11.6 Å². The van der Waals surface area contributed by atoms with Gasteiger partial charge in [0.15, 0.2) is 0 Å². The molecule has 10 heteroatoms. The molecule has 1 aromatic carbocycles. The van der Waals surface area contributed by atoms with Crippen LogP contribution in [-0.4, -0.2) is 30.9 Å². The van der Waals surface area contributed by atoms with Crippen LogP contribution in [-0.2, 0) is 0 Å². The summed E-state index contributed by atoms with van der Waals surface area (Å²) >= 11 is 5.41. The first-order valence-corrected chi connectivity index (χ1v) is 5.44. The lowest BCUT2D eigenvalue weighted by Crippen LogP contribution is -2.56. The molecule has 0 amide bonds. The number of hydrogen-bond donors (Lipinski definition) is 0. The quantitative estimate of drug-likeness (QED) is 0.602. The molecule has 0 fully saturated rings. The van der Waals surface area contributed by atoms with Crippen LogP contribution in [0.1, 0.15) is 10.4 Å². The molecule has 0 atom stereocenters. The largest absolute Gasteiger partial charge is 0.496 e. The van der Waals surface area contributed by atoms with Crippen molar-refractivity contribution in [2.24, 2.45) is 0 Å². The number of carbonyl (C=O) groups excluding carboxylic acids is 1. The van der Waals surface area contributed by atoms with Crippen LogP contribution < -0.4 is 4.74 Å². The van der Waals surface area contributed by atoms with Gasteiger partial charge in [0.2, 0.25) is 5.78 Å². The molecule has 0 aliphatic heterocycles. The SMILES string of the molecule is COc1ccc(Cl)cc1C(=O)C(F)(F)C(F)(F)C(F)(F)F. The van der Waals surface area contributed by atoms with E-state index in [2.05, 4.69) is 4.74 Å². The number of ether oxygens (including phenoxy) is 1. The van der Waals surface area contributed by atoms with Gasteiger partial charge in [-0.15, -0.1) is 0 Å². The van der Waals surface area contributed by atoms with E-state index in [1.54, 1.807) is 0 Å². The summed E-state index contributed by atoms with van der Waals surface area (Å²) in [6.07, 6.45) is -6.60. The number of Topliss-reactive ketones (excluding diaryl/α,β-unsaturated/α-hetero) is 1. The Balaban J connectivity index is 3.40. The topological polar surface area (TPSA) is 26.3 Å². The highest BCUT2D eigenvalue weighted by atomic mass is 35.5. The maximum Gasteiger partial charge on any atom is 0.460 e. The van der Waals surface area contributed by atoms with Crippen LogP contribution in [0.4, 0.5) is 30.7 Å². The van der Waals surface area contributed by atoms with Gasteiger partial charge in [0.1, 0.15) is 5.75 Å². The summed E-state index contributed by atoms with van der Waals surface area (Å²) in [5.41, 5.74) is -1.18. The molecule has 0 bridgehead atoms. The van der Waals surface area contributed by atoms with E-state index < -0.39 is 35.1 Å². The molecule has 0 aliphatic carbocycles. The summed E-state index contributed by atoms with van der Waals surface area (Å²) in [6, 6.07) is 2.48. The molecule has 0 spiro atoms. The molecule has 0 radical (unpaired) electrons. The normalized spacial score (nSPS) is 13.2. The second-order valence-electron chi connectivity index (χ2n) is 3.82. The standard InChI is InChI=1S/C11H6ClF7O2/c1-21-7-3-2-5(12)4-6(7)8(20)9(13,14)10(15,16)11(17,18)19/h2-4H,1H3. The number of hydrogen-bond acceptors (Lipinski definition) is 2. The number of carbonyl (C=O) groups is 1. The molecule has 118 valence electrons. The van der Waals surface area contributed by atoms with E-state index in [1.807, 2.05) is 0 Å². The molecule has 2 nitrogen and oxygen atoms in total. The van der Waals surface area contributed by atoms with Gasteiger partial charge >= 0.3 is 18.0 Å². The van der Waals surface area contributed by atoms with Crippen LogP contribution in [0.5, 0.6) is 5.75 Å². The van der Waals surface area contributed by atoms with Crippen molar-refractivity contribution in [3.63, 3.8) is 0 Å². The van der Waals surface area contributed by atoms with E-state index in [0.717, 1.165) is 19.2 Å². The van der Waals surface area contributed by atoms with Crippen LogP contribution >= 0.6 is 11.6 Å². The summed E-state index contributed by atoms with van der Waals surface area (Å²) in [5, 5.41) is -0.315. The zero-order valence-corrected chi connectivity index (χ0v) is 10.8. The molecule has 0 aromatic heterocycles. The summed E-state index contributed by atoms with van der Waals surface area (Å²) < 4.78 is 92.8. The first-order valence-electron chi connectivity index (χ1n) is 5.07. The van der Waals surface area contributed by atoms with Crippen molar-refractivity contribution in [1.82, 2.24) is 0 Å². The van der Waals surface area contributed by atoms with Crippen LogP contribution in [0.15, 0.2) is 18.2 Å². The van der Waals surface area contributed by atoms with E-state index in [0.29, 0.717) is 6.07 Å². The molecule has 21 heavy (non-hydrogen) atoms. The van der Waals surface area contributed by atoms with Gasteiger partial charge in [0.05, 0.1) is 12.7 Å². The van der Waals surface area contributed by atoms with Crippen molar-refractivity contribution in [3.8, 4) is 5.75 Å². The minimum atomic E-state index is -6.60. The van der Waals surface area contributed by atoms with Crippen molar-refractivity contribution in [2.75, 3.05) is 7.11 Å². The Kier molecular flexibility index (Phi) is 4.48. The first-order chi connectivity index (χ1) is 9.36. The smallest absolute Gasteiger partial charge is 0.460 e. The summed E-state index contributed by atoms with van der Waals surface area (Å²) in [7, 11) is 0.917. The molecule has 0 saturated carbocycles. The Bertz CT molecular complexity index is 554. The van der Waals surface area contributed by atoms with Gasteiger partial charge in [-0.25, -0.2) is 0 Å². The Morgan fingerprint density at radius 2 is 1.62 bits per heavy atom. The Labute approximate surface area is 118 Å². The van der Waals surface area contributed by atoms with Crippen molar-refractivity contribution < 1.29 is 40.3 Å². The highest BCUT2D eigenvalue weighted by Crippen LogP contribution is 2.48. The average molecular weight is 339 g/mol. The second-order valence-corrected chi connectivity index (χ2v) is 4.26. The van der Waals surface area contributed by atoms with E-state index in [1.165, 1.54) is 0 Å². The van der Waals surface area contributed by atoms with Gasteiger partial charge in [0, 0.05) is 5.02 Å². The van der Waals surface area contributed by atoms with E-state index in [-0.39, 0.29) is 5.02 Å². The zero-order valence-electron chi connectivity index (χ0n) is 10.1. The van der Waals surface area contributed by atoms with Gasteiger partial charge < -0.3 is 4.74 Å². The molecule has 1 aromatic rings. The van der Waals surface area contributed by atoms with E-state index in [4.69, 9.17) is 11.6 Å². The van der Waals surface area contributed by atoms with Crippen LogP contribution in [0.3, 0.4) is 0 Å². The maximum atomic E-state index is 13.3. The Morgan fingerprint density at radius 1 is 1.10 bits per heavy atom. The third kappa shape index (κ3) is 2.92. The van der Waals surface area contributed by atoms with Crippen molar-refractivity contribution in [2.45, 2.75) is 18.0 Å². The fraction of sp³-hybridized carbons (Fsp3) is 0.364. The lowest BCUT2D eigenvalue weighted by Gasteiger charge is -2.27. The highest BCUT2D eigenvalue weighted by molar-refractivity contribution is 6.31. The molecule has 0 aliphatic rings. The van der Waals surface area contributed by atoms with Gasteiger partial charge in [-0.2, -0.15) is 30.7 Å². The highest BCUT2D eigenvalue weighted by Gasteiger charge is 2.76. The predicted molar refractivity (Wildman–Crippen MR) is 58.3 cm³/mol. The van der Waals surface area contributed by atoms with Crippen molar-refractivity contribution in [3.05, 3.63) is 28.8 Å². The molecular weight excluding hydrogens is 333 g/mol. The molecule has 0 heterocycles. The molecule has 0 unspecified atom stereocenters. The van der Waals surface area contributed by atoms with Crippen LogP contribution in [0.25, 0.3) is 0 Å². The Morgan fingerprint density at radius 3 is 2.05 bits per heavy atom. The predicted octanol–water partition coefficient (Wildman–Crippen LogP) is 4.36. The van der Waals surface area contributed by atoms with Gasteiger partial charge in [0.25, 0.3) is 0 Å². The number of ketones is 1. The van der Waals surface area contributed by atoms with E-state index >= 15 is 0 Å². The summed E-state index contributed by atoms with van der Waals surface area (Å²) in [4.78, 5) is 11.4. The van der Waals surface area contributed by atoms with E-state index in [9.17, 15) is 35.5 Å². The third-order valence-corrected chi connectivity index (χ3v) is 2.68. The minimum Gasteiger partial charge on any atom is -0.496 e. The monoisotopic (exact) mass is 338 g/mol. The number of alkyl halides is 7. The van der Waals surface area contributed by atoms with Crippen LogP contribution in [0.2, 0.25) is 5.02 Å². The second kappa shape index (κ2) is 5.36. The number of methoxy groups -OCH3 is 1. The fourth-order valence-corrected chi connectivity index (χ4v) is 1.52. The molecule has 0 saturated heterocycles. The van der Waals surface area contributed by atoms with Crippen molar-refractivity contribution in [1.29, 1.82) is 0 Å². The maximum absolute atomic E-state index is 13.3. The summed E-state index contributed by atoms with van der Waals surface area (Å²) in [6.45, 7) is 0. The first kappa shape index (κ1) is 17.5. The Hall–Kier alpha value is -1.51. The number of halogens is 8. The molecule has 0 N–H and O–H groups in total. The molecular formula is C11H6ClF7O2. The summed E-state index contributed by atoms with van der Waals surface area (Å²) in [5.74, 6) is -15.9. The lowest BCUT2D eigenvalue weighted by molar-refractivity contribution is -0.339. The molecule has 1 rings (SSSR count).